The van der Waals surface area contributed by atoms with Crippen LogP contribution in [0, 0.1) is 5.82 Å². The maximum absolute atomic E-state index is 12.9. The van der Waals surface area contributed by atoms with Crippen molar-refractivity contribution >= 4 is 24.0 Å². The lowest BCUT2D eigenvalue weighted by Crippen LogP contribution is -2.03. The highest BCUT2D eigenvalue weighted by atomic mass is 35.5. The molecule has 1 aromatic carbocycles. The smallest absolute Gasteiger partial charge is 0.142 e. The Morgan fingerprint density at radius 1 is 1.42 bits per heavy atom. The summed E-state index contributed by atoms with van der Waals surface area (Å²) in [6.45, 7) is 3.19. The van der Waals surface area contributed by atoms with E-state index >= 15 is 0 Å². The van der Waals surface area contributed by atoms with Gasteiger partial charge < -0.3 is 4.57 Å². The first kappa shape index (κ1) is 9.76. The summed E-state index contributed by atoms with van der Waals surface area (Å²) in [4.78, 5) is 0. The Morgan fingerprint density at radius 3 is 2.42 bits per heavy atom. The molecular formula is C8H9ClFOP. The molecule has 0 bridgehead atoms. The molecule has 0 aromatic heterocycles. The minimum Gasteiger partial charge on any atom is -0.319 e. The minimum absolute atomic E-state index is 0.0622. The molecule has 0 amide bonds. The van der Waals surface area contributed by atoms with Crippen molar-refractivity contribution in [1.29, 1.82) is 0 Å². The lowest BCUT2D eigenvalue weighted by atomic mass is 10.3. The van der Waals surface area contributed by atoms with Gasteiger partial charge in [-0.15, -0.1) is 0 Å². The van der Waals surface area contributed by atoms with Gasteiger partial charge in [0.2, 0.25) is 0 Å². The highest BCUT2D eigenvalue weighted by Crippen LogP contribution is 2.35. The van der Waals surface area contributed by atoms with E-state index in [1.165, 1.54) is 12.1 Å². The predicted octanol–water partition coefficient (Wildman–Crippen LogP) is 2.73. The van der Waals surface area contributed by atoms with Crippen molar-refractivity contribution in [3.63, 3.8) is 0 Å². The molecule has 0 spiro atoms. The monoisotopic (exact) mass is 206 g/mol. The van der Waals surface area contributed by atoms with E-state index in [1.807, 2.05) is 0 Å². The SMILES string of the molecule is CP(C)(=O)c1ccc(Cl)c(F)c1. The lowest BCUT2D eigenvalue weighted by Gasteiger charge is -2.06. The summed E-state index contributed by atoms with van der Waals surface area (Å²) in [5.41, 5.74) is 0. The molecule has 0 saturated heterocycles. The van der Waals surface area contributed by atoms with Gasteiger partial charge in [0.25, 0.3) is 0 Å². The average molecular weight is 207 g/mol. The summed E-state index contributed by atoms with van der Waals surface area (Å²) in [5.74, 6) is -0.516. The Kier molecular flexibility index (Phi) is 2.60. The lowest BCUT2D eigenvalue weighted by molar-refractivity contribution is 0.587. The van der Waals surface area contributed by atoms with Crippen molar-refractivity contribution in [2.75, 3.05) is 13.3 Å². The van der Waals surface area contributed by atoms with E-state index in [0.717, 1.165) is 0 Å². The van der Waals surface area contributed by atoms with Crippen molar-refractivity contribution in [3.05, 3.63) is 29.0 Å². The van der Waals surface area contributed by atoms with Gasteiger partial charge >= 0.3 is 0 Å². The highest BCUT2D eigenvalue weighted by Gasteiger charge is 2.12. The highest BCUT2D eigenvalue weighted by molar-refractivity contribution is 7.70. The quantitative estimate of drug-likeness (QED) is 0.646. The first-order chi connectivity index (χ1) is 5.41. The van der Waals surface area contributed by atoms with Crippen molar-refractivity contribution in [2.24, 2.45) is 0 Å². The molecule has 0 aliphatic carbocycles. The van der Waals surface area contributed by atoms with Crippen LogP contribution < -0.4 is 5.30 Å². The molecule has 0 radical (unpaired) electrons. The molecule has 4 heteroatoms. The predicted molar refractivity (Wildman–Crippen MR) is 50.5 cm³/mol. The molecule has 1 rings (SSSR count). The summed E-state index contributed by atoms with van der Waals surface area (Å²) in [5, 5.41) is 0.580. The normalized spacial score (nSPS) is 11.7. The Balaban J connectivity index is 3.23. The van der Waals surface area contributed by atoms with E-state index in [-0.39, 0.29) is 5.02 Å². The molecule has 0 unspecified atom stereocenters. The zero-order valence-corrected chi connectivity index (χ0v) is 8.49. The molecule has 0 saturated carbocycles. The maximum Gasteiger partial charge on any atom is 0.142 e. The van der Waals surface area contributed by atoms with E-state index in [9.17, 15) is 8.96 Å². The maximum atomic E-state index is 12.9. The van der Waals surface area contributed by atoms with Gasteiger partial charge in [0, 0.05) is 5.30 Å². The Hall–Kier alpha value is -0.330. The zero-order chi connectivity index (χ0) is 9.35. The summed E-state index contributed by atoms with van der Waals surface area (Å²) >= 11 is 5.47. The fraction of sp³-hybridized carbons (Fsp3) is 0.250. The van der Waals surface area contributed by atoms with Crippen LogP contribution in [0.5, 0.6) is 0 Å². The minimum atomic E-state index is -2.36. The van der Waals surface area contributed by atoms with Crippen molar-refractivity contribution in [3.8, 4) is 0 Å². The van der Waals surface area contributed by atoms with E-state index < -0.39 is 13.0 Å². The topological polar surface area (TPSA) is 17.1 Å². The van der Waals surface area contributed by atoms with Gasteiger partial charge in [0.1, 0.15) is 13.0 Å². The molecular weight excluding hydrogens is 198 g/mol. The Morgan fingerprint density at radius 2 is 2.00 bits per heavy atom. The van der Waals surface area contributed by atoms with Crippen LogP contribution in [0.25, 0.3) is 0 Å². The fourth-order valence-electron chi connectivity index (χ4n) is 0.820. The van der Waals surface area contributed by atoms with E-state index in [1.54, 1.807) is 19.4 Å². The molecule has 0 heterocycles. The van der Waals surface area contributed by atoms with E-state index in [2.05, 4.69) is 0 Å². The Bertz CT molecular complexity index is 345. The number of hydrogen-bond acceptors (Lipinski definition) is 1. The van der Waals surface area contributed by atoms with Gasteiger partial charge in [-0.2, -0.15) is 0 Å². The van der Waals surface area contributed by atoms with Gasteiger partial charge in [0.05, 0.1) is 5.02 Å². The first-order valence-corrected chi connectivity index (χ1v) is 6.40. The third-order valence-corrected chi connectivity index (χ3v) is 3.35. The van der Waals surface area contributed by atoms with Crippen LogP contribution in [0.15, 0.2) is 18.2 Å². The van der Waals surface area contributed by atoms with Gasteiger partial charge in [-0.1, -0.05) is 11.6 Å². The average Bonchev–Trinajstić information content (AvgIpc) is 1.92. The third kappa shape index (κ3) is 2.09. The molecule has 12 heavy (non-hydrogen) atoms. The van der Waals surface area contributed by atoms with E-state index in [4.69, 9.17) is 11.6 Å². The second-order valence-corrected chi connectivity index (χ2v) is 6.57. The van der Waals surface area contributed by atoms with Crippen LogP contribution in [0.3, 0.4) is 0 Å². The van der Waals surface area contributed by atoms with Crippen molar-refractivity contribution in [1.82, 2.24) is 0 Å². The second-order valence-electron chi connectivity index (χ2n) is 2.95. The number of rotatable bonds is 1. The zero-order valence-electron chi connectivity index (χ0n) is 6.84. The number of benzene rings is 1. The summed E-state index contributed by atoms with van der Waals surface area (Å²) < 4.78 is 24.3. The molecule has 0 atom stereocenters. The van der Waals surface area contributed by atoms with Gasteiger partial charge in [-0.25, -0.2) is 4.39 Å². The van der Waals surface area contributed by atoms with Crippen LogP contribution in [-0.4, -0.2) is 13.3 Å². The number of halogens is 2. The van der Waals surface area contributed by atoms with Crippen LogP contribution in [-0.2, 0) is 4.57 Å². The fourth-order valence-corrected chi connectivity index (χ4v) is 1.80. The van der Waals surface area contributed by atoms with Crippen LogP contribution in [0.2, 0.25) is 5.02 Å². The third-order valence-electron chi connectivity index (χ3n) is 1.52. The second kappa shape index (κ2) is 3.20. The van der Waals surface area contributed by atoms with Gasteiger partial charge in [0.15, 0.2) is 0 Å². The van der Waals surface area contributed by atoms with Crippen LogP contribution in [0.4, 0.5) is 4.39 Å². The molecule has 0 N–H and O–H groups in total. The Labute approximate surface area is 75.9 Å². The van der Waals surface area contributed by atoms with Gasteiger partial charge in [-0.05, 0) is 31.5 Å². The molecule has 1 aromatic rings. The standard InChI is InChI=1S/C8H9ClFOP/c1-12(2,11)6-3-4-7(9)8(10)5-6/h3-5H,1-2H3. The molecule has 0 aliphatic heterocycles. The van der Waals surface area contributed by atoms with Gasteiger partial charge in [-0.3, -0.25) is 0 Å². The molecule has 1 nitrogen and oxygen atoms in total. The summed E-state index contributed by atoms with van der Waals surface area (Å²) in [6.07, 6.45) is 0. The number of hydrogen-bond donors (Lipinski definition) is 0. The molecule has 0 aliphatic rings. The van der Waals surface area contributed by atoms with E-state index in [0.29, 0.717) is 5.30 Å². The molecule has 0 fully saturated rings. The van der Waals surface area contributed by atoms with Crippen LogP contribution >= 0.6 is 18.7 Å². The van der Waals surface area contributed by atoms with Crippen molar-refractivity contribution in [2.45, 2.75) is 0 Å². The van der Waals surface area contributed by atoms with Crippen LogP contribution in [0.1, 0.15) is 0 Å². The largest absolute Gasteiger partial charge is 0.319 e. The van der Waals surface area contributed by atoms with Crippen molar-refractivity contribution < 1.29 is 8.96 Å². The summed E-state index contributed by atoms with van der Waals surface area (Å²) in [7, 11) is -2.36. The summed E-state index contributed by atoms with van der Waals surface area (Å²) in [6, 6.07) is 4.24. The molecule has 66 valence electrons. The first-order valence-electron chi connectivity index (χ1n) is 3.42.